The number of benzene rings is 3. The molecule has 1 aliphatic heterocycles. The molecular formula is C26H23N3O3. The molecule has 1 fully saturated rings. The second-order valence-electron chi connectivity index (χ2n) is 7.79. The van der Waals surface area contributed by atoms with Crippen LogP contribution in [0.15, 0.2) is 89.3 Å². The van der Waals surface area contributed by atoms with Crippen molar-refractivity contribution in [3.63, 3.8) is 0 Å². The van der Waals surface area contributed by atoms with Gasteiger partial charge in [-0.05, 0) is 48.5 Å². The number of amides is 2. The lowest BCUT2D eigenvalue weighted by molar-refractivity contribution is 0.0717. The standard InChI is InChI=1S/C26H23N3O3/c30-25(19-6-2-1-3-7-19)27-21-10-12-22(13-11-21)28-14-16-29(17-15-28)26(31)24-18-20-8-4-5-9-23(20)32-24/h1-13,18H,14-17H2,(H,27,30). The Bertz CT molecular complexity index is 1210. The van der Waals surface area contributed by atoms with E-state index < -0.39 is 0 Å². The molecule has 3 aromatic carbocycles. The zero-order valence-corrected chi connectivity index (χ0v) is 17.5. The molecule has 6 nitrogen and oxygen atoms in total. The van der Waals surface area contributed by atoms with Gasteiger partial charge in [0, 0.05) is 48.5 Å². The highest BCUT2D eigenvalue weighted by Crippen LogP contribution is 2.23. The van der Waals surface area contributed by atoms with Crippen LogP contribution in [-0.2, 0) is 0 Å². The Labute approximate surface area is 186 Å². The lowest BCUT2D eigenvalue weighted by atomic mass is 10.2. The summed E-state index contributed by atoms with van der Waals surface area (Å²) >= 11 is 0. The van der Waals surface area contributed by atoms with Crippen molar-refractivity contribution in [2.75, 3.05) is 36.4 Å². The van der Waals surface area contributed by atoms with E-state index in [0.29, 0.717) is 24.4 Å². The van der Waals surface area contributed by atoms with Crippen molar-refractivity contribution in [3.8, 4) is 0 Å². The van der Waals surface area contributed by atoms with Crippen molar-refractivity contribution in [1.82, 2.24) is 4.90 Å². The number of furan rings is 1. The number of hydrogen-bond donors (Lipinski definition) is 1. The third-order valence-electron chi connectivity index (χ3n) is 5.73. The van der Waals surface area contributed by atoms with Gasteiger partial charge in [-0.3, -0.25) is 9.59 Å². The Hall–Kier alpha value is -4.06. The highest BCUT2D eigenvalue weighted by Gasteiger charge is 2.24. The molecule has 1 aromatic heterocycles. The first-order chi connectivity index (χ1) is 15.7. The van der Waals surface area contributed by atoms with Gasteiger partial charge in [-0.1, -0.05) is 36.4 Å². The van der Waals surface area contributed by atoms with E-state index in [0.717, 1.165) is 35.4 Å². The van der Waals surface area contributed by atoms with Crippen molar-refractivity contribution in [2.24, 2.45) is 0 Å². The van der Waals surface area contributed by atoms with Gasteiger partial charge in [-0.25, -0.2) is 0 Å². The van der Waals surface area contributed by atoms with E-state index in [1.165, 1.54) is 0 Å². The van der Waals surface area contributed by atoms with E-state index in [-0.39, 0.29) is 11.8 Å². The molecule has 160 valence electrons. The maximum atomic E-state index is 12.9. The predicted octanol–water partition coefficient (Wildman–Crippen LogP) is 4.65. The van der Waals surface area contributed by atoms with Gasteiger partial charge in [0.15, 0.2) is 5.76 Å². The van der Waals surface area contributed by atoms with Crippen molar-refractivity contribution in [2.45, 2.75) is 0 Å². The summed E-state index contributed by atoms with van der Waals surface area (Å²) in [4.78, 5) is 29.2. The van der Waals surface area contributed by atoms with Crippen LogP contribution in [0.2, 0.25) is 0 Å². The zero-order valence-electron chi connectivity index (χ0n) is 17.5. The average molecular weight is 425 g/mol. The number of nitrogens with zero attached hydrogens (tertiary/aromatic N) is 2. The normalized spacial score (nSPS) is 13.9. The second-order valence-corrected chi connectivity index (χ2v) is 7.79. The first-order valence-corrected chi connectivity index (χ1v) is 10.7. The summed E-state index contributed by atoms with van der Waals surface area (Å²) in [6, 6.07) is 26.4. The molecule has 6 heteroatoms. The van der Waals surface area contributed by atoms with Gasteiger partial charge >= 0.3 is 0 Å². The van der Waals surface area contributed by atoms with Gasteiger partial charge in [-0.2, -0.15) is 0 Å². The van der Waals surface area contributed by atoms with Crippen LogP contribution in [0.1, 0.15) is 20.9 Å². The quantitative estimate of drug-likeness (QED) is 0.517. The molecule has 0 atom stereocenters. The Morgan fingerprint density at radius 1 is 0.781 bits per heavy atom. The molecule has 0 aliphatic carbocycles. The van der Waals surface area contributed by atoms with Crippen LogP contribution in [0.5, 0.6) is 0 Å². The number of carbonyl (C=O) groups excluding carboxylic acids is 2. The van der Waals surface area contributed by atoms with Crippen LogP contribution < -0.4 is 10.2 Å². The number of carbonyl (C=O) groups is 2. The van der Waals surface area contributed by atoms with Gasteiger partial charge in [0.05, 0.1) is 0 Å². The average Bonchev–Trinajstić information content (AvgIpc) is 3.29. The van der Waals surface area contributed by atoms with Crippen molar-refractivity contribution in [1.29, 1.82) is 0 Å². The second kappa shape index (κ2) is 8.59. The first-order valence-electron chi connectivity index (χ1n) is 10.7. The maximum absolute atomic E-state index is 12.9. The molecular weight excluding hydrogens is 402 g/mol. The van der Waals surface area contributed by atoms with Crippen molar-refractivity contribution >= 4 is 34.2 Å². The molecule has 1 saturated heterocycles. The summed E-state index contributed by atoms with van der Waals surface area (Å²) in [5.74, 6) is 0.189. The fraction of sp³-hybridized carbons (Fsp3) is 0.154. The SMILES string of the molecule is O=C(Nc1ccc(N2CCN(C(=O)c3cc4ccccc4o3)CC2)cc1)c1ccccc1. The summed E-state index contributed by atoms with van der Waals surface area (Å²) in [5.41, 5.74) is 3.18. The molecule has 0 radical (unpaired) electrons. The number of fused-ring (bicyclic) bond motifs is 1. The Kier molecular flexibility index (Phi) is 5.34. The van der Waals surface area contributed by atoms with Crippen molar-refractivity contribution in [3.05, 3.63) is 96.3 Å². The molecule has 4 aromatic rings. The summed E-state index contributed by atoms with van der Waals surface area (Å²) in [6.45, 7) is 2.73. The fourth-order valence-corrected chi connectivity index (χ4v) is 3.96. The third kappa shape index (κ3) is 4.07. The molecule has 1 aliphatic rings. The van der Waals surface area contributed by atoms with Gasteiger partial charge in [0.2, 0.25) is 0 Å². The largest absolute Gasteiger partial charge is 0.451 e. The lowest BCUT2D eigenvalue weighted by Gasteiger charge is -2.35. The van der Waals surface area contributed by atoms with Crippen LogP contribution in [0.4, 0.5) is 11.4 Å². The minimum atomic E-state index is -0.129. The van der Waals surface area contributed by atoms with Gasteiger partial charge in [0.25, 0.3) is 11.8 Å². The number of nitrogens with one attached hydrogen (secondary N) is 1. The van der Waals surface area contributed by atoms with E-state index in [1.54, 1.807) is 12.1 Å². The third-order valence-corrected chi connectivity index (χ3v) is 5.73. The lowest BCUT2D eigenvalue weighted by Crippen LogP contribution is -2.48. The van der Waals surface area contributed by atoms with Gasteiger partial charge in [0.1, 0.15) is 5.58 Å². The topological polar surface area (TPSA) is 65.8 Å². The highest BCUT2D eigenvalue weighted by atomic mass is 16.3. The van der Waals surface area contributed by atoms with Crippen LogP contribution in [0.25, 0.3) is 11.0 Å². The van der Waals surface area contributed by atoms with Crippen LogP contribution >= 0.6 is 0 Å². The van der Waals surface area contributed by atoms with Crippen molar-refractivity contribution < 1.29 is 14.0 Å². The summed E-state index contributed by atoms with van der Waals surface area (Å²) < 4.78 is 5.73. The Morgan fingerprint density at radius 2 is 1.47 bits per heavy atom. The van der Waals surface area contributed by atoms with E-state index in [2.05, 4.69) is 10.2 Å². The molecule has 0 unspecified atom stereocenters. The predicted molar refractivity (Wildman–Crippen MR) is 125 cm³/mol. The Balaban J connectivity index is 1.19. The number of para-hydroxylation sites is 1. The fourth-order valence-electron chi connectivity index (χ4n) is 3.96. The van der Waals surface area contributed by atoms with E-state index in [4.69, 9.17) is 4.42 Å². The molecule has 5 rings (SSSR count). The van der Waals surface area contributed by atoms with Crippen LogP contribution in [0.3, 0.4) is 0 Å². The van der Waals surface area contributed by atoms with E-state index in [1.807, 2.05) is 77.7 Å². The molecule has 32 heavy (non-hydrogen) atoms. The number of piperazine rings is 1. The summed E-state index contributed by atoms with van der Waals surface area (Å²) in [5, 5.41) is 3.86. The molecule has 2 heterocycles. The molecule has 0 bridgehead atoms. The number of rotatable bonds is 4. The number of anilines is 2. The zero-order chi connectivity index (χ0) is 21.9. The van der Waals surface area contributed by atoms with Crippen LogP contribution in [-0.4, -0.2) is 42.9 Å². The summed E-state index contributed by atoms with van der Waals surface area (Å²) in [7, 11) is 0. The maximum Gasteiger partial charge on any atom is 0.289 e. The Morgan fingerprint density at radius 3 is 2.19 bits per heavy atom. The van der Waals surface area contributed by atoms with Crippen LogP contribution in [0, 0.1) is 0 Å². The van der Waals surface area contributed by atoms with Gasteiger partial charge < -0.3 is 19.5 Å². The molecule has 1 N–H and O–H groups in total. The smallest absolute Gasteiger partial charge is 0.289 e. The monoisotopic (exact) mass is 425 g/mol. The molecule has 0 saturated carbocycles. The number of hydrogen-bond acceptors (Lipinski definition) is 4. The molecule has 2 amide bonds. The van der Waals surface area contributed by atoms with E-state index in [9.17, 15) is 9.59 Å². The highest BCUT2D eigenvalue weighted by molar-refractivity contribution is 6.04. The molecule has 0 spiro atoms. The van der Waals surface area contributed by atoms with Gasteiger partial charge in [-0.15, -0.1) is 0 Å². The minimum absolute atomic E-state index is 0.0696. The summed E-state index contributed by atoms with van der Waals surface area (Å²) in [6.07, 6.45) is 0. The first kappa shape index (κ1) is 19.9. The van der Waals surface area contributed by atoms with E-state index >= 15 is 0 Å². The minimum Gasteiger partial charge on any atom is -0.451 e.